The summed E-state index contributed by atoms with van der Waals surface area (Å²) in [6.07, 6.45) is 5.16. The summed E-state index contributed by atoms with van der Waals surface area (Å²) in [6, 6.07) is 9.80. The van der Waals surface area contributed by atoms with Crippen molar-refractivity contribution in [2.24, 2.45) is 5.73 Å². The Balaban J connectivity index is 1.69. The SMILES string of the molecule is CCN(Cc1cccc(C(N)=O)c1)C1CC2CCC(C1)N2. The second-order valence-corrected chi connectivity index (χ2v) is 6.39. The predicted octanol–water partition coefficient (Wildman–Crippen LogP) is 1.89. The van der Waals surface area contributed by atoms with Gasteiger partial charge < -0.3 is 11.1 Å². The van der Waals surface area contributed by atoms with Crippen LogP contribution in [0, 0.1) is 0 Å². The van der Waals surface area contributed by atoms with E-state index in [0.717, 1.165) is 13.1 Å². The smallest absolute Gasteiger partial charge is 0.248 e. The van der Waals surface area contributed by atoms with Gasteiger partial charge in [-0.15, -0.1) is 0 Å². The molecule has 2 fully saturated rings. The number of rotatable bonds is 5. The van der Waals surface area contributed by atoms with Gasteiger partial charge >= 0.3 is 0 Å². The van der Waals surface area contributed by atoms with Crippen LogP contribution < -0.4 is 11.1 Å². The van der Waals surface area contributed by atoms with E-state index in [2.05, 4.69) is 23.2 Å². The molecule has 3 rings (SSSR count). The molecule has 114 valence electrons. The molecule has 2 heterocycles. The second kappa shape index (κ2) is 6.16. The van der Waals surface area contributed by atoms with Gasteiger partial charge in [-0.2, -0.15) is 0 Å². The molecule has 1 aromatic carbocycles. The summed E-state index contributed by atoms with van der Waals surface area (Å²) in [5, 5.41) is 3.70. The molecule has 0 aromatic heterocycles. The van der Waals surface area contributed by atoms with E-state index in [1.807, 2.05) is 12.1 Å². The minimum atomic E-state index is -0.347. The third-order valence-corrected chi connectivity index (χ3v) is 4.97. The van der Waals surface area contributed by atoms with Gasteiger partial charge in [-0.3, -0.25) is 9.69 Å². The van der Waals surface area contributed by atoms with Crippen LogP contribution in [0.25, 0.3) is 0 Å². The highest BCUT2D eigenvalue weighted by molar-refractivity contribution is 5.92. The molecule has 1 aromatic rings. The number of amides is 1. The Hall–Kier alpha value is -1.39. The molecule has 3 N–H and O–H groups in total. The van der Waals surface area contributed by atoms with Crippen molar-refractivity contribution in [1.29, 1.82) is 0 Å². The fourth-order valence-electron chi connectivity index (χ4n) is 3.88. The number of carbonyl (C=O) groups is 1. The van der Waals surface area contributed by atoms with E-state index < -0.39 is 0 Å². The van der Waals surface area contributed by atoms with Crippen LogP contribution in [-0.4, -0.2) is 35.5 Å². The first kappa shape index (κ1) is 14.5. The van der Waals surface area contributed by atoms with Gasteiger partial charge in [-0.1, -0.05) is 19.1 Å². The zero-order valence-corrected chi connectivity index (χ0v) is 12.7. The molecule has 2 unspecified atom stereocenters. The first-order valence-corrected chi connectivity index (χ1v) is 8.04. The van der Waals surface area contributed by atoms with Gasteiger partial charge in [0.2, 0.25) is 5.91 Å². The van der Waals surface area contributed by atoms with Gasteiger partial charge in [0, 0.05) is 30.2 Å². The highest BCUT2D eigenvalue weighted by Gasteiger charge is 2.35. The molecule has 4 heteroatoms. The van der Waals surface area contributed by atoms with Gasteiger partial charge in [0.1, 0.15) is 0 Å². The number of nitrogens with two attached hydrogens (primary N) is 1. The van der Waals surface area contributed by atoms with E-state index in [9.17, 15) is 4.79 Å². The maximum absolute atomic E-state index is 11.3. The highest BCUT2D eigenvalue weighted by Crippen LogP contribution is 2.30. The summed E-state index contributed by atoms with van der Waals surface area (Å²) in [5.41, 5.74) is 7.16. The molecule has 2 bridgehead atoms. The third kappa shape index (κ3) is 3.27. The van der Waals surface area contributed by atoms with E-state index in [4.69, 9.17) is 5.73 Å². The number of hydrogen-bond donors (Lipinski definition) is 2. The monoisotopic (exact) mass is 287 g/mol. The van der Waals surface area contributed by atoms with Crippen molar-refractivity contribution < 1.29 is 4.79 Å². The molecule has 0 radical (unpaired) electrons. The lowest BCUT2D eigenvalue weighted by Crippen LogP contribution is -2.47. The number of benzene rings is 1. The average Bonchev–Trinajstić information content (AvgIpc) is 2.83. The van der Waals surface area contributed by atoms with E-state index in [-0.39, 0.29) is 5.91 Å². The maximum Gasteiger partial charge on any atom is 0.248 e. The van der Waals surface area contributed by atoms with Crippen LogP contribution in [0.3, 0.4) is 0 Å². The van der Waals surface area contributed by atoms with Crippen LogP contribution in [0.5, 0.6) is 0 Å². The quantitative estimate of drug-likeness (QED) is 0.869. The number of carbonyl (C=O) groups excluding carboxylic acids is 1. The van der Waals surface area contributed by atoms with Crippen LogP contribution in [0.15, 0.2) is 24.3 Å². The standard InChI is InChI=1S/C17H25N3O/c1-2-20(16-9-14-6-7-15(10-16)19-14)11-12-4-3-5-13(8-12)17(18)21/h3-5,8,14-16,19H,2,6-7,9-11H2,1H3,(H2,18,21). The lowest BCUT2D eigenvalue weighted by Gasteiger charge is -2.37. The van der Waals surface area contributed by atoms with Crippen molar-refractivity contribution in [3.05, 3.63) is 35.4 Å². The molecular formula is C17H25N3O. The van der Waals surface area contributed by atoms with Crippen LogP contribution >= 0.6 is 0 Å². The zero-order chi connectivity index (χ0) is 14.8. The Morgan fingerprint density at radius 2 is 2.05 bits per heavy atom. The number of fused-ring (bicyclic) bond motifs is 2. The van der Waals surface area contributed by atoms with Crippen molar-refractivity contribution in [1.82, 2.24) is 10.2 Å². The third-order valence-electron chi connectivity index (χ3n) is 4.97. The predicted molar refractivity (Wildman–Crippen MR) is 84.0 cm³/mol. The molecule has 0 aliphatic carbocycles. The summed E-state index contributed by atoms with van der Waals surface area (Å²) in [5.74, 6) is -0.347. The van der Waals surface area contributed by atoms with Crippen molar-refractivity contribution in [2.75, 3.05) is 6.54 Å². The highest BCUT2D eigenvalue weighted by atomic mass is 16.1. The first-order chi connectivity index (χ1) is 10.2. The molecule has 2 atom stereocenters. The van der Waals surface area contributed by atoms with E-state index >= 15 is 0 Å². The normalized spacial score (nSPS) is 28.0. The Labute approximate surface area is 126 Å². The number of nitrogens with zero attached hydrogens (tertiary/aromatic N) is 1. The molecule has 2 saturated heterocycles. The topological polar surface area (TPSA) is 58.4 Å². The van der Waals surface area contributed by atoms with Gasteiger partial charge in [0.05, 0.1) is 0 Å². The molecule has 21 heavy (non-hydrogen) atoms. The fraction of sp³-hybridized carbons (Fsp3) is 0.588. The maximum atomic E-state index is 11.3. The van der Waals surface area contributed by atoms with E-state index in [0.29, 0.717) is 23.7 Å². The summed E-state index contributed by atoms with van der Waals surface area (Å²) in [6.45, 7) is 4.18. The minimum absolute atomic E-state index is 0.347. The number of primary amides is 1. The van der Waals surface area contributed by atoms with Crippen LogP contribution in [0.4, 0.5) is 0 Å². The number of hydrogen-bond acceptors (Lipinski definition) is 3. The van der Waals surface area contributed by atoms with E-state index in [1.165, 1.54) is 31.2 Å². The fourth-order valence-corrected chi connectivity index (χ4v) is 3.88. The van der Waals surface area contributed by atoms with Gasteiger partial charge in [0.25, 0.3) is 0 Å². The first-order valence-electron chi connectivity index (χ1n) is 8.04. The van der Waals surface area contributed by atoms with Gasteiger partial charge in [0.15, 0.2) is 0 Å². The Morgan fingerprint density at radius 1 is 1.33 bits per heavy atom. The Bertz CT molecular complexity index is 505. The largest absolute Gasteiger partial charge is 0.366 e. The van der Waals surface area contributed by atoms with Crippen molar-refractivity contribution in [3.8, 4) is 0 Å². The second-order valence-electron chi connectivity index (χ2n) is 6.39. The van der Waals surface area contributed by atoms with Crippen molar-refractivity contribution in [3.63, 3.8) is 0 Å². The molecule has 2 aliphatic rings. The van der Waals surface area contributed by atoms with Crippen LogP contribution in [0.1, 0.15) is 48.5 Å². The van der Waals surface area contributed by atoms with Crippen LogP contribution in [-0.2, 0) is 6.54 Å². The molecule has 1 amide bonds. The lowest BCUT2D eigenvalue weighted by molar-refractivity contribution is 0.1000. The lowest BCUT2D eigenvalue weighted by atomic mass is 9.97. The Morgan fingerprint density at radius 3 is 2.67 bits per heavy atom. The average molecular weight is 287 g/mol. The molecular weight excluding hydrogens is 262 g/mol. The van der Waals surface area contributed by atoms with Crippen molar-refractivity contribution >= 4 is 5.91 Å². The molecule has 4 nitrogen and oxygen atoms in total. The number of piperidine rings is 1. The van der Waals surface area contributed by atoms with E-state index in [1.54, 1.807) is 6.07 Å². The number of nitrogens with one attached hydrogen (secondary N) is 1. The molecule has 0 saturated carbocycles. The summed E-state index contributed by atoms with van der Waals surface area (Å²) in [4.78, 5) is 13.9. The van der Waals surface area contributed by atoms with Crippen molar-refractivity contribution in [2.45, 2.75) is 57.3 Å². The minimum Gasteiger partial charge on any atom is -0.366 e. The van der Waals surface area contributed by atoms with Gasteiger partial charge in [-0.25, -0.2) is 0 Å². The molecule has 0 spiro atoms. The summed E-state index contributed by atoms with van der Waals surface area (Å²) < 4.78 is 0. The summed E-state index contributed by atoms with van der Waals surface area (Å²) >= 11 is 0. The Kier molecular flexibility index (Phi) is 4.27. The van der Waals surface area contributed by atoms with Gasteiger partial charge in [-0.05, 0) is 49.9 Å². The summed E-state index contributed by atoms with van der Waals surface area (Å²) in [7, 11) is 0. The molecule has 2 aliphatic heterocycles. The zero-order valence-electron chi connectivity index (χ0n) is 12.7. The van der Waals surface area contributed by atoms with Crippen LogP contribution in [0.2, 0.25) is 0 Å².